The van der Waals surface area contributed by atoms with Crippen molar-refractivity contribution in [2.75, 3.05) is 18.4 Å². The van der Waals surface area contributed by atoms with Crippen LogP contribution in [-0.2, 0) is 11.2 Å². The van der Waals surface area contributed by atoms with Crippen LogP contribution in [0.4, 0.5) is 5.69 Å². The van der Waals surface area contributed by atoms with Crippen LogP contribution in [0.5, 0.6) is 0 Å². The monoisotopic (exact) mass is 363 g/mol. The van der Waals surface area contributed by atoms with Gasteiger partial charge in [-0.15, -0.1) is 0 Å². The number of carbonyl (C=O) groups is 2. The highest BCUT2D eigenvalue weighted by Gasteiger charge is 2.12. The van der Waals surface area contributed by atoms with Gasteiger partial charge in [-0.3, -0.25) is 9.59 Å². The number of para-hydroxylation sites is 1. The number of nitrogens with one attached hydrogen (secondary N) is 2. The molecule has 0 aliphatic heterocycles. The van der Waals surface area contributed by atoms with E-state index >= 15 is 0 Å². The summed E-state index contributed by atoms with van der Waals surface area (Å²) >= 11 is 0. The molecule has 1 aromatic heterocycles. The number of rotatable bonds is 7. The molecule has 3 aromatic rings. The molecule has 27 heavy (non-hydrogen) atoms. The fourth-order valence-electron chi connectivity index (χ4n) is 3.20. The Morgan fingerprint density at radius 3 is 2.41 bits per heavy atom. The second-order valence-corrected chi connectivity index (χ2v) is 6.46. The normalized spacial score (nSPS) is 10.7. The van der Waals surface area contributed by atoms with E-state index < -0.39 is 0 Å². The summed E-state index contributed by atoms with van der Waals surface area (Å²) in [5.74, 6) is -0.0275. The third-order valence-corrected chi connectivity index (χ3v) is 4.76. The van der Waals surface area contributed by atoms with Crippen molar-refractivity contribution in [3.63, 3.8) is 0 Å². The number of anilines is 1. The lowest BCUT2D eigenvalue weighted by Gasteiger charge is -2.18. The van der Waals surface area contributed by atoms with Gasteiger partial charge in [-0.05, 0) is 56.2 Å². The summed E-state index contributed by atoms with van der Waals surface area (Å²) in [7, 11) is 0. The molecular weight excluding hydrogens is 338 g/mol. The number of aromatic amines is 1. The topological polar surface area (TPSA) is 65.2 Å². The molecule has 0 fully saturated rings. The maximum atomic E-state index is 12.3. The quantitative estimate of drug-likeness (QED) is 0.660. The zero-order valence-electron chi connectivity index (χ0n) is 15.8. The van der Waals surface area contributed by atoms with Crippen molar-refractivity contribution in [3.05, 3.63) is 65.9 Å². The fraction of sp³-hybridized carbons (Fsp3) is 0.273. The van der Waals surface area contributed by atoms with Gasteiger partial charge < -0.3 is 15.2 Å². The molecule has 0 unspecified atom stereocenters. The zero-order chi connectivity index (χ0) is 19.2. The highest BCUT2D eigenvalue weighted by atomic mass is 16.2. The Morgan fingerprint density at radius 1 is 1.00 bits per heavy atom. The summed E-state index contributed by atoms with van der Waals surface area (Å²) in [5.41, 5.74) is 3.56. The molecule has 0 atom stereocenters. The van der Waals surface area contributed by atoms with Gasteiger partial charge in [0, 0.05) is 47.9 Å². The number of fused-ring (bicyclic) bond motifs is 1. The van der Waals surface area contributed by atoms with E-state index in [9.17, 15) is 9.59 Å². The number of benzene rings is 2. The molecule has 2 N–H and O–H groups in total. The molecule has 0 bridgehead atoms. The molecular formula is C22H25N3O2. The minimum absolute atomic E-state index is 0.0113. The van der Waals surface area contributed by atoms with Crippen molar-refractivity contribution in [2.24, 2.45) is 0 Å². The molecule has 2 amide bonds. The van der Waals surface area contributed by atoms with Crippen LogP contribution in [0.15, 0.2) is 54.7 Å². The number of nitrogens with zero attached hydrogens (tertiary/aromatic N) is 1. The number of aromatic nitrogens is 1. The summed E-state index contributed by atoms with van der Waals surface area (Å²) in [6.45, 7) is 5.29. The highest BCUT2D eigenvalue weighted by Crippen LogP contribution is 2.19. The van der Waals surface area contributed by atoms with Crippen LogP contribution in [0, 0.1) is 0 Å². The van der Waals surface area contributed by atoms with E-state index in [1.165, 1.54) is 0 Å². The summed E-state index contributed by atoms with van der Waals surface area (Å²) in [4.78, 5) is 29.6. The third-order valence-electron chi connectivity index (χ3n) is 4.76. The van der Waals surface area contributed by atoms with Gasteiger partial charge in [0.15, 0.2) is 0 Å². The first-order valence-corrected chi connectivity index (χ1v) is 9.36. The number of aryl methyl sites for hydroxylation is 1. The second-order valence-electron chi connectivity index (χ2n) is 6.46. The molecule has 0 saturated heterocycles. The predicted molar refractivity (Wildman–Crippen MR) is 109 cm³/mol. The Kier molecular flexibility index (Phi) is 5.91. The largest absolute Gasteiger partial charge is 0.361 e. The second kappa shape index (κ2) is 8.54. The van der Waals surface area contributed by atoms with Gasteiger partial charge in [0.05, 0.1) is 0 Å². The zero-order valence-corrected chi connectivity index (χ0v) is 15.8. The van der Waals surface area contributed by atoms with Crippen molar-refractivity contribution in [1.82, 2.24) is 9.88 Å². The number of H-pyrrole nitrogens is 1. The number of amides is 2. The van der Waals surface area contributed by atoms with Crippen LogP contribution in [0.3, 0.4) is 0 Å². The molecule has 0 aliphatic rings. The number of carbonyl (C=O) groups excluding carboxylic acids is 2. The van der Waals surface area contributed by atoms with Gasteiger partial charge in [-0.1, -0.05) is 18.2 Å². The lowest BCUT2D eigenvalue weighted by Crippen LogP contribution is -2.30. The molecule has 1 heterocycles. The lowest BCUT2D eigenvalue weighted by atomic mass is 10.1. The Balaban J connectivity index is 1.57. The third kappa shape index (κ3) is 4.37. The average Bonchev–Trinajstić information content (AvgIpc) is 3.11. The van der Waals surface area contributed by atoms with E-state index in [-0.39, 0.29) is 11.8 Å². The minimum Gasteiger partial charge on any atom is -0.361 e. The maximum absolute atomic E-state index is 12.3. The standard InChI is InChI=1S/C22H25N3O2/c1-3-25(4-2)22(27)16-9-12-18(13-10-16)24-21(26)14-11-17-15-23-20-8-6-5-7-19(17)20/h5-10,12-13,15,23H,3-4,11,14H2,1-2H3,(H,24,26). The van der Waals surface area contributed by atoms with Gasteiger partial charge in [0.25, 0.3) is 5.91 Å². The van der Waals surface area contributed by atoms with Gasteiger partial charge in [0.1, 0.15) is 0 Å². The Morgan fingerprint density at radius 2 is 1.70 bits per heavy atom. The molecule has 0 radical (unpaired) electrons. The Hall–Kier alpha value is -3.08. The smallest absolute Gasteiger partial charge is 0.253 e. The number of hydrogen-bond donors (Lipinski definition) is 2. The summed E-state index contributed by atoms with van der Waals surface area (Å²) < 4.78 is 0. The average molecular weight is 363 g/mol. The SMILES string of the molecule is CCN(CC)C(=O)c1ccc(NC(=O)CCc2c[nH]c3ccccc23)cc1. The number of hydrogen-bond acceptors (Lipinski definition) is 2. The lowest BCUT2D eigenvalue weighted by molar-refractivity contribution is -0.116. The van der Waals surface area contributed by atoms with Crippen molar-refractivity contribution in [2.45, 2.75) is 26.7 Å². The van der Waals surface area contributed by atoms with Gasteiger partial charge in [-0.25, -0.2) is 0 Å². The van der Waals surface area contributed by atoms with Crippen LogP contribution in [0.2, 0.25) is 0 Å². The van der Waals surface area contributed by atoms with Crippen LogP contribution in [0.25, 0.3) is 10.9 Å². The minimum atomic E-state index is -0.0388. The van der Waals surface area contributed by atoms with E-state index in [2.05, 4.69) is 16.4 Å². The Labute approximate surface area is 159 Å². The van der Waals surface area contributed by atoms with Crippen LogP contribution in [0.1, 0.15) is 36.2 Å². The van der Waals surface area contributed by atoms with Crippen molar-refractivity contribution < 1.29 is 9.59 Å². The van der Waals surface area contributed by atoms with Crippen LogP contribution in [-0.4, -0.2) is 34.8 Å². The van der Waals surface area contributed by atoms with E-state index in [1.54, 1.807) is 29.2 Å². The predicted octanol–water partition coefficient (Wildman–Crippen LogP) is 4.22. The molecule has 0 aliphatic carbocycles. The molecule has 3 rings (SSSR count). The summed E-state index contributed by atoms with van der Waals surface area (Å²) in [6.07, 6.45) is 3.04. The van der Waals surface area contributed by atoms with Gasteiger partial charge >= 0.3 is 0 Å². The molecule has 5 heteroatoms. The van der Waals surface area contributed by atoms with Gasteiger partial charge in [0.2, 0.25) is 5.91 Å². The molecule has 0 spiro atoms. The first-order chi connectivity index (χ1) is 13.1. The van der Waals surface area contributed by atoms with E-state index in [0.717, 1.165) is 16.5 Å². The van der Waals surface area contributed by atoms with Gasteiger partial charge in [-0.2, -0.15) is 0 Å². The molecule has 140 valence electrons. The van der Waals surface area contributed by atoms with Crippen molar-refractivity contribution in [1.29, 1.82) is 0 Å². The van der Waals surface area contributed by atoms with Crippen molar-refractivity contribution >= 4 is 28.4 Å². The van der Waals surface area contributed by atoms with E-state index in [1.807, 2.05) is 38.2 Å². The molecule has 5 nitrogen and oxygen atoms in total. The highest BCUT2D eigenvalue weighted by molar-refractivity contribution is 5.96. The maximum Gasteiger partial charge on any atom is 0.253 e. The van der Waals surface area contributed by atoms with Crippen LogP contribution >= 0.6 is 0 Å². The van der Waals surface area contributed by atoms with E-state index in [4.69, 9.17) is 0 Å². The van der Waals surface area contributed by atoms with E-state index in [0.29, 0.717) is 37.2 Å². The van der Waals surface area contributed by atoms with Crippen LogP contribution < -0.4 is 5.32 Å². The first kappa shape index (κ1) is 18.7. The molecule has 2 aromatic carbocycles. The summed E-state index contributed by atoms with van der Waals surface area (Å²) in [5, 5.41) is 4.06. The van der Waals surface area contributed by atoms with Crippen molar-refractivity contribution in [3.8, 4) is 0 Å². The molecule has 0 saturated carbocycles. The Bertz CT molecular complexity index is 924. The summed E-state index contributed by atoms with van der Waals surface area (Å²) in [6, 6.07) is 15.2. The first-order valence-electron chi connectivity index (χ1n) is 9.36. The fourth-order valence-corrected chi connectivity index (χ4v) is 3.20.